The molecular weight excluding hydrogens is 294 g/mol. The Morgan fingerprint density at radius 3 is 2.91 bits per heavy atom. The van der Waals surface area contributed by atoms with E-state index in [2.05, 4.69) is 26.4 Å². The van der Waals surface area contributed by atoms with Gasteiger partial charge in [0.1, 0.15) is 23.7 Å². The lowest BCUT2D eigenvalue weighted by Crippen LogP contribution is -2.47. The van der Waals surface area contributed by atoms with E-state index < -0.39 is 5.60 Å². The molecule has 0 saturated carbocycles. The van der Waals surface area contributed by atoms with Crippen molar-refractivity contribution in [2.24, 2.45) is 0 Å². The Kier molecular flexibility index (Phi) is 4.55. The summed E-state index contributed by atoms with van der Waals surface area (Å²) in [5, 5.41) is 29.9. The second kappa shape index (κ2) is 6.77. The van der Waals surface area contributed by atoms with E-state index in [4.69, 9.17) is 10.00 Å². The molecule has 2 N–H and O–H groups in total. The van der Waals surface area contributed by atoms with Crippen LogP contribution in [-0.4, -0.2) is 51.7 Å². The maximum absolute atomic E-state index is 10.7. The number of aromatic nitrogens is 3. The lowest BCUT2D eigenvalue weighted by Gasteiger charge is -2.37. The van der Waals surface area contributed by atoms with Gasteiger partial charge in [-0.05, 0) is 43.7 Å². The van der Waals surface area contributed by atoms with Gasteiger partial charge in [0.25, 0.3) is 0 Å². The molecular formula is C16H19N5O2. The summed E-state index contributed by atoms with van der Waals surface area (Å²) in [6.45, 7) is 2.70. The molecule has 1 aliphatic rings. The number of ether oxygens (including phenoxy) is 1. The van der Waals surface area contributed by atoms with Crippen LogP contribution in [0.15, 0.2) is 30.5 Å². The quantitative estimate of drug-likeness (QED) is 0.856. The number of nitrogens with one attached hydrogen (secondary N) is 1. The van der Waals surface area contributed by atoms with E-state index in [1.807, 2.05) is 0 Å². The molecule has 1 aromatic carbocycles. The molecule has 1 fully saturated rings. The van der Waals surface area contributed by atoms with Crippen LogP contribution in [0.5, 0.6) is 5.75 Å². The topological polar surface area (TPSA) is 98.1 Å². The summed E-state index contributed by atoms with van der Waals surface area (Å²) in [5.41, 5.74) is 0.265. The molecule has 1 aromatic heterocycles. The zero-order valence-electron chi connectivity index (χ0n) is 12.8. The average Bonchev–Trinajstić information content (AvgIpc) is 3.11. The van der Waals surface area contributed by atoms with Gasteiger partial charge in [-0.3, -0.25) is 4.90 Å². The van der Waals surface area contributed by atoms with Crippen LogP contribution in [0, 0.1) is 11.3 Å². The summed E-state index contributed by atoms with van der Waals surface area (Å²) in [5.74, 6) is 0.743. The second-order valence-corrected chi connectivity index (χ2v) is 5.75. The predicted octanol–water partition coefficient (Wildman–Crippen LogP) is 1.04. The Hall–Kier alpha value is -2.43. The number of likely N-dealkylation sites (tertiary alicyclic amines) is 1. The fraction of sp³-hybridized carbons (Fsp3) is 0.438. The van der Waals surface area contributed by atoms with Gasteiger partial charge >= 0.3 is 0 Å². The van der Waals surface area contributed by atoms with Crippen molar-refractivity contribution < 1.29 is 9.84 Å². The lowest BCUT2D eigenvalue weighted by atomic mass is 9.90. The molecule has 0 radical (unpaired) electrons. The fourth-order valence-corrected chi connectivity index (χ4v) is 2.87. The number of hydrogen-bond donors (Lipinski definition) is 2. The van der Waals surface area contributed by atoms with Crippen LogP contribution < -0.4 is 4.74 Å². The van der Waals surface area contributed by atoms with Gasteiger partial charge in [0.2, 0.25) is 0 Å². The summed E-state index contributed by atoms with van der Waals surface area (Å²) in [6, 6.07) is 9.13. The van der Waals surface area contributed by atoms with Crippen molar-refractivity contribution in [2.75, 3.05) is 26.2 Å². The third-order valence-electron chi connectivity index (χ3n) is 4.10. The van der Waals surface area contributed by atoms with Crippen LogP contribution in [0.1, 0.15) is 24.1 Å². The van der Waals surface area contributed by atoms with Gasteiger partial charge in [0.05, 0.1) is 17.8 Å². The van der Waals surface area contributed by atoms with Crippen LogP contribution in [0.25, 0.3) is 0 Å². The molecule has 23 heavy (non-hydrogen) atoms. The Morgan fingerprint density at radius 2 is 2.22 bits per heavy atom. The highest BCUT2D eigenvalue weighted by molar-refractivity contribution is 5.34. The fourth-order valence-electron chi connectivity index (χ4n) is 2.87. The van der Waals surface area contributed by atoms with Crippen molar-refractivity contribution in [3.8, 4) is 11.8 Å². The van der Waals surface area contributed by atoms with Gasteiger partial charge < -0.3 is 9.84 Å². The minimum Gasteiger partial charge on any atom is -0.492 e. The predicted molar refractivity (Wildman–Crippen MR) is 82.6 cm³/mol. The number of hydrogen-bond acceptors (Lipinski definition) is 6. The molecule has 7 nitrogen and oxygen atoms in total. The molecule has 0 spiro atoms. The highest BCUT2D eigenvalue weighted by Crippen LogP contribution is 2.29. The number of rotatable bonds is 5. The zero-order valence-corrected chi connectivity index (χ0v) is 12.8. The van der Waals surface area contributed by atoms with Crippen molar-refractivity contribution in [3.63, 3.8) is 0 Å². The standard InChI is InChI=1S/C16H19N5O2/c17-10-13-2-4-14(5-3-13)23-9-8-21-7-1-6-16(22,12-21)15-11-18-20-19-15/h2-5,11,22H,1,6-9,12H2,(H,18,19,20)/t16-/m1/s1. The number of benzene rings is 1. The third kappa shape index (κ3) is 3.67. The molecule has 0 bridgehead atoms. The molecule has 1 atom stereocenters. The second-order valence-electron chi connectivity index (χ2n) is 5.75. The minimum absolute atomic E-state index is 0.524. The molecule has 0 unspecified atom stereocenters. The van der Waals surface area contributed by atoms with Crippen LogP contribution in [-0.2, 0) is 5.60 Å². The Bertz CT molecular complexity index is 665. The van der Waals surface area contributed by atoms with Crippen molar-refractivity contribution in [2.45, 2.75) is 18.4 Å². The van der Waals surface area contributed by atoms with E-state index in [1.54, 1.807) is 30.5 Å². The summed E-state index contributed by atoms with van der Waals surface area (Å²) < 4.78 is 5.70. The van der Waals surface area contributed by atoms with Crippen LogP contribution >= 0.6 is 0 Å². The average molecular weight is 313 g/mol. The smallest absolute Gasteiger partial charge is 0.123 e. The van der Waals surface area contributed by atoms with Gasteiger partial charge in [-0.2, -0.15) is 20.7 Å². The SMILES string of the molecule is N#Cc1ccc(OCCN2CCC[C@](O)(c3cn[nH]n3)C2)cc1. The van der Waals surface area contributed by atoms with Gasteiger partial charge in [-0.25, -0.2) is 0 Å². The van der Waals surface area contributed by atoms with Crippen molar-refractivity contribution in [3.05, 3.63) is 41.7 Å². The molecule has 3 rings (SSSR count). The summed E-state index contributed by atoms with van der Waals surface area (Å²) in [4.78, 5) is 2.17. The first-order chi connectivity index (χ1) is 11.2. The monoisotopic (exact) mass is 313 g/mol. The van der Waals surface area contributed by atoms with Gasteiger partial charge in [0, 0.05) is 13.1 Å². The van der Waals surface area contributed by atoms with Crippen molar-refractivity contribution >= 4 is 0 Å². The Balaban J connectivity index is 1.51. The van der Waals surface area contributed by atoms with E-state index >= 15 is 0 Å². The van der Waals surface area contributed by atoms with E-state index in [-0.39, 0.29) is 0 Å². The summed E-state index contributed by atoms with van der Waals surface area (Å²) in [6.07, 6.45) is 3.17. The van der Waals surface area contributed by atoms with Crippen molar-refractivity contribution in [1.29, 1.82) is 5.26 Å². The molecule has 2 heterocycles. The number of nitriles is 1. The number of H-pyrrole nitrogens is 1. The highest BCUT2D eigenvalue weighted by Gasteiger charge is 2.36. The number of piperidine rings is 1. The zero-order chi connectivity index (χ0) is 16.1. The normalized spacial score (nSPS) is 21.7. The van der Waals surface area contributed by atoms with E-state index in [1.165, 1.54) is 0 Å². The first-order valence-electron chi connectivity index (χ1n) is 7.63. The molecule has 120 valence electrons. The third-order valence-corrected chi connectivity index (χ3v) is 4.10. The maximum atomic E-state index is 10.7. The summed E-state index contributed by atoms with van der Waals surface area (Å²) in [7, 11) is 0. The van der Waals surface area contributed by atoms with Crippen molar-refractivity contribution in [1.82, 2.24) is 20.3 Å². The summed E-state index contributed by atoms with van der Waals surface area (Å²) >= 11 is 0. The number of aromatic amines is 1. The highest BCUT2D eigenvalue weighted by atomic mass is 16.5. The van der Waals surface area contributed by atoms with E-state index in [9.17, 15) is 5.11 Å². The molecule has 0 amide bonds. The maximum Gasteiger partial charge on any atom is 0.123 e. The van der Waals surface area contributed by atoms with Crippen LogP contribution in [0.2, 0.25) is 0 Å². The first kappa shape index (κ1) is 15.5. The van der Waals surface area contributed by atoms with Crippen LogP contribution in [0.3, 0.4) is 0 Å². The molecule has 0 aliphatic carbocycles. The Labute approximate surface area is 134 Å². The molecule has 1 saturated heterocycles. The van der Waals surface area contributed by atoms with Gasteiger partial charge in [-0.15, -0.1) is 0 Å². The molecule has 1 aliphatic heterocycles. The van der Waals surface area contributed by atoms with Crippen LogP contribution in [0.4, 0.5) is 0 Å². The lowest BCUT2D eigenvalue weighted by molar-refractivity contribution is -0.0412. The Morgan fingerprint density at radius 1 is 1.39 bits per heavy atom. The van der Waals surface area contributed by atoms with E-state index in [0.717, 1.165) is 25.3 Å². The first-order valence-corrected chi connectivity index (χ1v) is 7.63. The van der Waals surface area contributed by atoms with Gasteiger partial charge in [0.15, 0.2) is 0 Å². The number of β-amino-alcohol motifs (C(OH)–C–C–N with tert-alkyl or cyclic N) is 1. The number of nitrogens with zero attached hydrogens (tertiary/aromatic N) is 4. The van der Waals surface area contributed by atoms with Gasteiger partial charge in [-0.1, -0.05) is 0 Å². The minimum atomic E-state index is -0.945. The molecule has 7 heteroatoms. The number of aliphatic hydroxyl groups is 1. The molecule has 2 aromatic rings. The largest absolute Gasteiger partial charge is 0.492 e. The van der Waals surface area contributed by atoms with E-state index in [0.29, 0.717) is 30.8 Å².